The lowest BCUT2D eigenvalue weighted by Crippen LogP contribution is -2.47. The number of nitrogens with zero attached hydrogens (tertiary/aromatic N) is 2. The largest absolute Gasteiger partial charge is 0.376 e. The first-order valence-electron chi connectivity index (χ1n) is 9.70. The Morgan fingerprint density at radius 2 is 1.89 bits per heavy atom. The van der Waals surface area contributed by atoms with Crippen LogP contribution in [0.5, 0.6) is 0 Å². The molecule has 144 valence electrons. The number of hydrogen-bond donors (Lipinski definition) is 3. The summed E-state index contributed by atoms with van der Waals surface area (Å²) in [5, 5.41) is 18.0. The quantitative estimate of drug-likeness (QED) is 0.576. The Morgan fingerprint density at radius 1 is 1.11 bits per heavy atom. The van der Waals surface area contributed by atoms with Crippen LogP contribution < -0.4 is 10.6 Å². The zero-order chi connectivity index (χ0) is 19.3. The normalized spacial score (nSPS) is 16.8. The molecule has 0 aliphatic heterocycles. The van der Waals surface area contributed by atoms with Gasteiger partial charge in [0.1, 0.15) is 12.6 Å². The van der Waals surface area contributed by atoms with Crippen LogP contribution in [0.3, 0.4) is 0 Å². The summed E-state index contributed by atoms with van der Waals surface area (Å²) in [5.74, 6) is -0.248. The number of carbonyl (C=O) groups is 1. The fourth-order valence-corrected chi connectivity index (χ4v) is 3.77. The van der Waals surface area contributed by atoms with Crippen molar-refractivity contribution in [1.82, 2.24) is 20.6 Å². The summed E-state index contributed by atoms with van der Waals surface area (Å²) < 4.78 is 0. The highest BCUT2D eigenvalue weighted by Crippen LogP contribution is 2.22. The second-order valence-electron chi connectivity index (χ2n) is 7.25. The zero-order valence-electron chi connectivity index (χ0n) is 15.6. The van der Waals surface area contributed by atoms with Crippen molar-refractivity contribution in [1.29, 1.82) is 0 Å². The molecule has 1 aliphatic carbocycles. The summed E-state index contributed by atoms with van der Waals surface area (Å²) in [5.41, 5.74) is 2.07. The first-order chi connectivity index (χ1) is 13.7. The average Bonchev–Trinajstić information content (AvgIpc) is 3.25. The van der Waals surface area contributed by atoms with Gasteiger partial charge in [-0.2, -0.15) is 0 Å². The second kappa shape index (κ2) is 8.46. The lowest BCUT2D eigenvalue weighted by atomic mass is 10.0. The van der Waals surface area contributed by atoms with Gasteiger partial charge in [0.25, 0.3) is 5.91 Å². The topological polar surface area (TPSA) is 87.1 Å². The Bertz CT molecular complexity index is 941. The van der Waals surface area contributed by atoms with Gasteiger partial charge in [-0.1, -0.05) is 49.2 Å². The summed E-state index contributed by atoms with van der Waals surface area (Å²) in [7, 11) is 0. The zero-order valence-corrected chi connectivity index (χ0v) is 15.6. The van der Waals surface area contributed by atoms with Crippen molar-refractivity contribution in [2.75, 3.05) is 0 Å². The van der Waals surface area contributed by atoms with Crippen molar-refractivity contribution in [2.24, 2.45) is 0 Å². The van der Waals surface area contributed by atoms with Crippen LogP contribution >= 0.6 is 0 Å². The molecule has 0 bridgehead atoms. The van der Waals surface area contributed by atoms with E-state index in [2.05, 4.69) is 20.6 Å². The first-order valence-corrected chi connectivity index (χ1v) is 9.70. The van der Waals surface area contributed by atoms with Crippen LogP contribution in [0, 0.1) is 0 Å². The van der Waals surface area contributed by atoms with Gasteiger partial charge in [-0.15, -0.1) is 0 Å². The Balaban J connectivity index is 1.55. The van der Waals surface area contributed by atoms with Gasteiger partial charge in [0.05, 0.1) is 11.6 Å². The molecular formula is C22H24N4O2. The molecule has 3 aromatic rings. The lowest BCUT2D eigenvalue weighted by Gasteiger charge is -2.28. The van der Waals surface area contributed by atoms with E-state index in [9.17, 15) is 9.90 Å². The van der Waals surface area contributed by atoms with E-state index >= 15 is 0 Å². The number of aromatic nitrogens is 2. The highest BCUT2D eigenvalue weighted by Gasteiger charge is 2.27. The fraction of sp³-hybridized carbons (Fsp3) is 0.318. The average molecular weight is 376 g/mol. The summed E-state index contributed by atoms with van der Waals surface area (Å²) in [6.07, 6.45) is 6.76. The molecule has 6 heteroatoms. The van der Waals surface area contributed by atoms with Gasteiger partial charge in [0.15, 0.2) is 0 Å². The molecule has 4 rings (SSSR count). The number of rotatable bonds is 6. The fourth-order valence-electron chi connectivity index (χ4n) is 3.77. The number of nitrogens with one attached hydrogen (secondary N) is 2. The number of hydrogen-bond acceptors (Lipinski definition) is 5. The van der Waals surface area contributed by atoms with Crippen molar-refractivity contribution in [2.45, 2.75) is 44.0 Å². The third kappa shape index (κ3) is 4.18. The molecular weight excluding hydrogens is 352 g/mol. The number of amides is 1. The maximum absolute atomic E-state index is 12.9. The molecule has 28 heavy (non-hydrogen) atoms. The minimum absolute atomic E-state index is 0.248. The number of fused-ring (bicyclic) bond motifs is 1. The van der Waals surface area contributed by atoms with Crippen LogP contribution in [0.2, 0.25) is 0 Å². The van der Waals surface area contributed by atoms with E-state index in [1.54, 1.807) is 18.3 Å². The van der Waals surface area contributed by atoms with Gasteiger partial charge < -0.3 is 10.4 Å². The molecule has 2 aromatic carbocycles. The molecule has 1 heterocycles. The van der Waals surface area contributed by atoms with Crippen LogP contribution in [-0.2, 0) is 0 Å². The highest BCUT2D eigenvalue weighted by molar-refractivity contribution is 5.97. The van der Waals surface area contributed by atoms with E-state index in [0.29, 0.717) is 11.1 Å². The Labute approximate surface area is 164 Å². The number of carbonyl (C=O) groups excluding carboxylic acids is 1. The molecule has 6 nitrogen and oxygen atoms in total. The molecule has 1 aromatic heterocycles. The van der Waals surface area contributed by atoms with Crippen LogP contribution in [0.25, 0.3) is 10.9 Å². The molecule has 0 spiro atoms. The highest BCUT2D eigenvalue weighted by atomic mass is 16.3. The van der Waals surface area contributed by atoms with Crippen molar-refractivity contribution >= 4 is 16.8 Å². The summed E-state index contributed by atoms with van der Waals surface area (Å²) in [4.78, 5) is 21.1. The van der Waals surface area contributed by atoms with Crippen molar-refractivity contribution < 1.29 is 9.90 Å². The second-order valence-corrected chi connectivity index (χ2v) is 7.25. The molecule has 1 aliphatic rings. The van der Waals surface area contributed by atoms with E-state index in [0.717, 1.165) is 23.8 Å². The van der Waals surface area contributed by atoms with Crippen molar-refractivity contribution in [3.63, 3.8) is 0 Å². The Kier molecular flexibility index (Phi) is 5.60. The van der Waals surface area contributed by atoms with E-state index in [1.165, 1.54) is 19.2 Å². The molecule has 1 saturated carbocycles. The third-order valence-electron chi connectivity index (χ3n) is 5.29. The standard InChI is InChI=1S/C22H24N4O2/c27-21(16-10-11-17-13-23-14-24-19(17)12-16)26-20(15-6-2-1-3-7-15)22(28)25-18-8-4-5-9-18/h1-3,6-7,10-14,18,20,22,25,28H,4-5,8-9H2,(H,26,27)/t20-,22?/m0/s1. The minimum atomic E-state index is -0.864. The van der Waals surface area contributed by atoms with Gasteiger partial charge >= 0.3 is 0 Å². The van der Waals surface area contributed by atoms with Crippen molar-refractivity contribution in [3.05, 3.63) is 72.2 Å². The number of aliphatic hydroxyl groups is 1. The van der Waals surface area contributed by atoms with Crippen LogP contribution in [-0.4, -0.2) is 33.3 Å². The van der Waals surface area contributed by atoms with E-state index < -0.39 is 12.3 Å². The molecule has 0 saturated heterocycles. The number of aliphatic hydroxyl groups excluding tert-OH is 1. The molecule has 2 atom stereocenters. The van der Waals surface area contributed by atoms with Gasteiger partial charge in [-0.3, -0.25) is 10.1 Å². The lowest BCUT2D eigenvalue weighted by molar-refractivity contribution is 0.0675. The molecule has 0 radical (unpaired) electrons. The maximum Gasteiger partial charge on any atom is 0.251 e. The van der Waals surface area contributed by atoms with Crippen LogP contribution in [0.15, 0.2) is 61.1 Å². The molecule has 1 unspecified atom stereocenters. The van der Waals surface area contributed by atoms with Gasteiger partial charge in [-0.25, -0.2) is 9.97 Å². The monoisotopic (exact) mass is 376 g/mol. The Morgan fingerprint density at radius 3 is 2.68 bits per heavy atom. The number of benzene rings is 2. The summed E-state index contributed by atoms with van der Waals surface area (Å²) >= 11 is 0. The van der Waals surface area contributed by atoms with Gasteiger partial charge in [-0.05, 0) is 30.5 Å². The minimum Gasteiger partial charge on any atom is -0.376 e. The SMILES string of the molecule is O=C(N[C@@H](c1ccccc1)C(O)NC1CCCC1)c1ccc2cncnc2c1. The predicted octanol–water partition coefficient (Wildman–Crippen LogP) is 2.95. The molecule has 1 amide bonds. The molecule has 3 N–H and O–H groups in total. The summed E-state index contributed by atoms with van der Waals surface area (Å²) in [6, 6.07) is 14.6. The smallest absolute Gasteiger partial charge is 0.251 e. The van der Waals surface area contributed by atoms with E-state index in [1.807, 2.05) is 36.4 Å². The van der Waals surface area contributed by atoms with E-state index in [-0.39, 0.29) is 11.9 Å². The van der Waals surface area contributed by atoms with E-state index in [4.69, 9.17) is 0 Å². The van der Waals surface area contributed by atoms with Gasteiger partial charge in [0.2, 0.25) is 0 Å². The van der Waals surface area contributed by atoms with Crippen LogP contribution in [0.1, 0.15) is 47.6 Å². The Hall–Kier alpha value is -2.83. The third-order valence-corrected chi connectivity index (χ3v) is 5.29. The van der Waals surface area contributed by atoms with Gasteiger partial charge in [0, 0.05) is 23.2 Å². The first kappa shape index (κ1) is 18.5. The summed E-state index contributed by atoms with van der Waals surface area (Å²) in [6.45, 7) is 0. The maximum atomic E-state index is 12.9. The van der Waals surface area contributed by atoms with Crippen molar-refractivity contribution in [3.8, 4) is 0 Å². The predicted molar refractivity (Wildman–Crippen MR) is 108 cm³/mol. The van der Waals surface area contributed by atoms with Crippen LogP contribution in [0.4, 0.5) is 0 Å². The molecule has 1 fully saturated rings.